The van der Waals surface area contributed by atoms with E-state index < -0.39 is 0 Å². The van der Waals surface area contributed by atoms with Crippen molar-refractivity contribution >= 4 is 0 Å². The van der Waals surface area contributed by atoms with Crippen LogP contribution in [0.2, 0.25) is 0 Å². The lowest BCUT2D eigenvalue weighted by Gasteiger charge is -2.01. The third-order valence-corrected chi connectivity index (χ3v) is 0.753. The van der Waals surface area contributed by atoms with E-state index in [1.807, 2.05) is 0 Å². The summed E-state index contributed by atoms with van der Waals surface area (Å²) < 4.78 is 0. The minimum absolute atomic E-state index is 0.204. The average molecular weight is 112 g/mol. The van der Waals surface area contributed by atoms with Crippen LogP contribution in [0.5, 0.6) is 0 Å². The van der Waals surface area contributed by atoms with Gasteiger partial charge in [-0.25, -0.2) is 0 Å². The molecule has 0 heterocycles. The van der Waals surface area contributed by atoms with Crippen molar-refractivity contribution in [3.63, 3.8) is 0 Å². The zero-order chi connectivity index (χ0) is 6.57. The first kappa shape index (κ1) is 7.40. The standard InChI is InChI=1S/C6H10NO/c1-3-4-5(2)6(7)8/h3,8H,1-2,4,7H2. The van der Waals surface area contributed by atoms with E-state index in [-0.39, 0.29) is 6.23 Å². The zero-order valence-corrected chi connectivity index (χ0v) is 4.72. The molecule has 0 aliphatic rings. The lowest BCUT2D eigenvalue weighted by atomic mass is 10.2. The molecule has 2 heteroatoms. The van der Waals surface area contributed by atoms with E-state index in [1.54, 1.807) is 6.08 Å². The van der Waals surface area contributed by atoms with Crippen molar-refractivity contribution in [2.45, 2.75) is 6.42 Å². The van der Waals surface area contributed by atoms with Gasteiger partial charge in [0.1, 0.15) is 0 Å². The molecule has 8 heavy (non-hydrogen) atoms. The molecule has 0 saturated heterocycles. The number of rotatable bonds is 3. The minimum Gasteiger partial charge on any atom is -0.368 e. The fourth-order valence-corrected chi connectivity index (χ4v) is 0.279. The third-order valence-electron chi connectivity index (χ3n) is 0.753. The predicted molar refractivity (Wildman–Crippen MR) is 33.3 cm³/mol. The van der Waals surface area contributed by atoms with Gasteiger partial charge in [-0.1, -0.05) is 12.7 Å². The van der Waals surface area contributed by atoms with E-state index >= 15 is 0 Å². The smallest absolute Gasteiger partial charge is 0.182 e. The highest BCUT2D eigenvalue weighted by atomic mass is 16.3. The first-order chi connectivity index (χ1) is 3.68. The lowest BCUT2D eigenvalue weighted by molar-refractivity contribution is 0.325. The number of hydrogen-bond donors (Lipinski definition) is 2. The van der Waals surface area contributed by atoms with Crippen molar-refractivity contribution in [3.05, 3.63) is 31.0 Å². The third kappa shape index (κ3) is 2.55. The van der Waals surface area contributed by atoms with Gasteiger partial charge in [-0.05, 0) is 12.0 Å². The van der Waals surface area contributed by atoms with E-state index in [4.69, 9.17) is 10.8 Å². The van der Waals surface area contributed by atoms with Gasteiger partial charge >= 0.3 is 0 Å². The van der Waals surface area contributed by atoms with E-state index in [0.717, 1.165) is 0 Å². The lowest BCUT2D eigenvalue weighted by Crippen LogP contribution is -2.09. The molecule has 0 aromatic rings. The maximum Gasteiger partial charge on any atom is 0.182 e. The van der Waals surface area contributed by atoms with Crippen LogP contribution in [0.3, 0.4) is 0 Å². The van der Waals surface area contributed by atoms with E-state index in [0.29, 0.717) is 12.0 Å². The van der Waals surface area contributed by atoms with Crippen LogP contribution in [-0.2, 0) is 0 Å². The summed E-state index contributed by atoms with van der Waals surface area (Å²) in [5.41, 5.74) is 5.46. The van der Waals surface area contributed by atoms with Crippen LogP contribution in [0.25, 0.3) is 0 Å². The van der Waals surface area contributed by atoms with Crippen LogP contribution in [0, 0.1) is 6.23 Å². The highest BCUT2D eigenvalue weighted by molar-refractivity contribution is 5.13. The highest BCUT2D eigenvalue weighted by Crippen LogP contribution is 2.04. The second kappa shape index (κ2) is 3.41. The Bertz CT molecular complexity index is 96.7. The quantitative estimate of drug-likeness (QED) is 0.534. The molecule has 1 radical (unpaired) electrons. The molecule has 0 spiro atoms. The summed E-state index contributed by atoms with van der Waals surface area (Å²) in [5.74, 6) is 0. The van der Waals surface area contributed by atoms with Gasteiger partial charge in [0.25, 0.3) is 0 Å². The van der Waals surface area contributed by atoms with Crippen molar-refractivity contribution in [1.82, 2.24) is 0 Å². The molecule has 2 nitrogen and oxygen atoms in total. The Labute approximate surface area is 49.3 Å². The van der Waals surface area contributed by atoms with Crippen LogP contribution in [0.4, 0.5) is 0 Å². The Kier molecular flexibility index (Phi) is 3.15. The molecule has 0 unspecified atom stereocenters. The Hall–Kier alpha value is -0.600. The second-order valence-electron chi connectivity index (χ2n) is 1.48. The van der Waals surface area contributed by atoms with Gasteiger partial charge in [-0.15, -0.1) is 6.58 Å². The molecule has 0 aromatic heterocycles. The summed E-state index contributed by atoms with van der Waals surface area (Å²) in [5, 5.41) is 8.50. The Morgan fingerprint density at radius 2 is 2.25 bits per heavy atom. The Morgan fingerprint density at radius 1 is 1.75 bits per heavy atom. The fourth-order valence-electron chi connectivity index (χ4n) is 0.279. The fraction of sp³-hybridized carbons (Fsp3) is 0.167. The predicted octanol–water partition coefficient (Wildman–Crippen LogP) is 0.939. The van der Waals surface area contributed by atoms with Gasteiger partial charge < -0.3 is 5.11 Å². The molecule has 3 N–H and O–H groups in total. The highest BCUT2D eigenvalue weighted by Gasteiger charge is 1.98. The summed E-state index contributed by atoms with van der Waals surface area (Å²) >= 11 is 0. The molecule has 0 atom stereocenters. The first-order valence-electron chi connectivity index (χ1n) is 2.29. The van der Waals surface area contributed by atoms with Gasteiger partial charge in [0.15, 0.2) is 6.23 Å². The van der Waals surface area contributed by atoms with Crippen LogP contribution in [0.15, 0.2) is 24.8 Å². The van der Waals surface area contributed by atoms with Crippen LogP contribution < -0.4 is 5.73 Å². The monoisotopic (exact) mass is 112 g/mol. The normalized spacial score (nSPS) is 9.38. The Morgan fingerprint density at radius 3 is 2.38 bits per heavy atom. The maximum absolute atomic E-state index is 8.50. The first-order valence-corrected chi connectivity index (χ1v) is 2.29. The topological polar surface area (TPSA) is 46.2 Å². The summed E-state index contributed by atoms with van der Waals surface area (Å²) in [6.45, 7) is 6.90. The van der Waals surface area contributed by atoms with Crippen molar-refractivity contribution in [1.29, 1.82) is 0 Å². The van der Waals surface area contributed by atoms with E-state index in [9.17, 15) is 0 Å². The van der Waals surface area contributed by atoms with Gasteiger partial charge in [0.05, 0.1) is 0 Å². The number of nitrogens with two attached hydrogens (primary N) is 1. The molecule has 0 rings (SSSR count). The van der Waals surface area contributed by atoms with Crippen LogP contribution in [-0.4, -0.2) is 5.11 Å². The Balaban J connectivity index is 3.48. The van der Waals surface area contributed by atoms with Gasteiger partial charge in [-0.3, -0.25) is 5.73 Å². The van der Waals surface area contributed by atoms with Crippen molar-refractivity contribution in [2.24, 2.45) is 5.73 Å². The van der Waals surface area contributed by atoms with Crippen LogP contribution >= 0.6 is 0 Å². The van der Waals surface area contributed by atoms with Gasteiger partial charge in [0.2, 0.25) is 0 Å². The summed E-state index contributed by atoms with van der Waals surface area (Å²) in [4.78, 5) is 0. The summed E-state index contributed by atoms with van der Waals surface area (Å²) in [6, 6.07) is 0. The molecule has 0 bridgehead atoms. The van der Waals surface area contributed by atoms with Crippen molar-refractivity contribution < 1.29 is 5.11 Å². The second-order valence-corrected chi connectivity index (χ2v) is 1.48. The molecule has 0 aliphatic heterocycles. The molecular weight excluding hydrogens is 102 g/mol. The van der Waals surface area contributed by atoms with Crippen LogP contribution in [0.1, 0.15) is 6.42 Å². The number of allylic oxidation sites excluding steroid dienone is 1. The largest absolute Gasteiger partial charge is 0.368 e. The molecule has 0 aliphatic carbocycles. The molecule has 0 amide bonds. The molecule has 0 aromatic carbocycles. The zero-order valence-electron chi connectivity index (χ0n) is 4.72. The van der Waals surface area contributed by atoms with Crippen molar-refractivity contribution in [2.75, 3.05) is 0 Å². The van der Waals surface area contributed by atoms with Crippen molar-refractivity contribution in [3.8, 4) is 0 Å². The van der Waals surface area contributed by atoms with E-state index in [2.05, 4.69) is 13.2 Å². The molecule has 0 fully saturated rings. The molecule has 45 valence electrons. The number of hydrogen-bond acceptors (Lipinski definition) is 2. The SMILES string of the molecule is C=CCC(=C)[C](N)O. The molecule has 0 saturated carbocycles. The number of aliphatic hydroxyl groups is 1. The summed E-state index contributed by atoms with van der Waals surface area (Å²) in [6.07, 6.45) is 1.97. The van der Waals surface area contributed by atoms with Gasteiger partial charge in [0, 0.05) is 0 Å². The average Bonchev–Trinajstić information content (AvgIpc) is 1.67. The maximum atomic E-state index is 8.50. The number of aliphatic hydroxyl groups excluding tert-OH is 1. The summed E-state index contributed by atoms with van der Waals surface area (Å²) in [7, 11) is 0. The minimum atomic E-state index is -0.204. The van der Waals surface area contributed by atoms with E-state index in [1.165, 1.54) is 0 Å². The molecular formula is C6H10NO. The van der Waals surface area contributed by atoms with Gasteiger partial charge in [-0.2, -0.15) is 0 Å².